The molecular weight excluding hydrogens is 192 g/mol. The van der Waals surface area contributed by atoms with Crippen LogP contribution in [0.2, 0.25) is 0 Å². The van der Waals surface area contributed by atoms with Crippen LogP contribution in [0.1, 0.15) is 6.42 Å². The van der Waals surface area contributed by atoms with Crippen molar-refractivity contribution in [2.24, 2.45) is 5.92 Å². The fourth-order valence-electron chi connectivity index (χ4n) is 0.918. The molecule has 0 bridgehead atoms. The van der Waals surface area contributed by atoms with E-state index in [1.807, 2.05) is 24.3 Å². The van der Waals surface area contributed by atoms with Crippen molar-refractivity contribution < 1.29 is 4.79 Å². The fraction of sp³-hybridized carbons (Fsp3) is 0.375. The molecule has 0 heterocycles. The van der Waals surface area contributed by atoms with Crippen LogP contribution in [0.15, 0.2) is 24.3 Å². The second-order valence-corrected chi connectivity index (χ2v) is 2.82. The Morgan fingerprint density at radius 2 is 2.40 bits per heavy atom. The highest BCUT2D eigenvalue weighted by Gasteiger charge is 2.12. The summed E-state index contributed by atoms with van der Waals surface area (Å²) in [4.78, 5) is 11.0. The fourth-order valence-corrected chi connectivity index (χ4v) is 1.33. The van der Waals surface area contributed by atoms with Crippen LogP contribution in [0.3, 0.4) is 0 Å². The molecule has 0 amide bonds. The lowest BCUT2D eigenvalue weighted by atomic mass is 9.97. The smallest absolute Gasteiger partial charge is 0.150 e. The van der Waals surface area contributed by atoms with Crippen molar-refractivity contribution in [3.8, 4) is 0 Å². The number of allylic oxidation sites excluding steroid dienone is 4. The lowest BCUT2D eigenvalue weighted by Crippen LogP contribution is -2.13. The third-order valence-corrected chi connectivity index (χ3v) is 2.08. The summed E-state index contributed by atoms with van der Waals surface area (Å²) in [5.74, 6) is 0.380. The largest absolute Gasteiger partial charge is 0.298 e. The maximum absolute atomic E-state index is 11.0. The average Bonchev–Trinajstić information content (AvgIpc) is 2.05. The quantitative estimate of drug-likeness (QED) is 0.625. The summed E-state index contributed by atoms with van der Waals surface area (Å²) in [6, 6.07) is 0. The summed E-state index contributed by atoms with van der Waals surface area (Å²) in [7, 11) is 0. The predicted molar refractivity (Wildman–Crippen MR) is 45.2 cm³/mol. The third kappa shape index (κ3) is 1.81. The number of hydrogen-bond acceptors (Lipinski definition) is 1. The molecule has 10 heavy (non-hydrogen) atoms. The standard InChI is InChI=1S/C8H9BrO/c9-6-8(10)7-4-2-1-3-5-7/h1-4,7H,5-6H2. The summed E-state index contributed by atoms with van der Waals surface area (Å²) < 4.78 is 0. The van der Waals surface area contributed by atoms with Gasteiger partial charge in [-0.15, -0.1) is 0 Å². The molecule has 0 aromatic carbocycles. The Hall–Kier alpha value is -0.370. The summed E-state index contributed by atoms with van der Waals surface area (Å²) in [5.41, 5.74) is 0. The van der Waals surface area contributed by atoms with Gasteiger partial charge in [-0.1, -0.05) is 40.2 Å². The SMILES string of the molecule is O=C(CBr)C1C=CC=CC1. The normalized spacial score (nSPS) is 23.1. The zero-order valence-corrected chi connectivity index (χ0v) is 7.17. The zero-order valence-electron chi connectivity index (χ0n) is 5.59. The molecule has 0 spiro atoms. The van der Waals surface area contributed by atoms with E-state index in [2.05, 4.69) is 15.9 Å². The Labute approximate surface area is 68.9 Å². The Balaban J connectivity index is 2.51. The van der Waals surface area contributed by atoms with Gasteiger partial charge in [-0.25, -0.2) is 0 Å². The van der Waals surface area contributed by atoms with E-state index in [1.165, 1.54) is 0 Å². The van der Waals surface area contributed by atoms with Crippen LogP contribution in [0.25, 0.3) is 0 Å². The molecule has 1 atom stereocenters. The van der Waals surface area contributed by atoms with Gasteiger partial charge in [0.15, 0.2) is 5.78 Å². The Morgan fingerprint density at radius 1 is 1.60 bits per heavy atom. The first-order valence-corrected chi connectivity index (χ1v) is 4.38. The predicted octanol–water partition coefficient (Wildman–Crippen LogP) is 2.08. The molecule has 0 saturated carbocycles. The van der Waals surface area contributed by atoms with Crippen molar-refractivity contribution in [3.63, 3.8) is 0 Å². The number of carbonyl (C=O) groups is 1. The highest BCUT2D eigenvalue weighted by molar-refractivity contribution is 9.09. The second-order valence-electron chi connectivity index (χ2n) is 2.26. The van der Waals surface area contributed by atoms with E-state index in [0.29, 0.717) is 5.33 Å². The van der Waals surface area contributed by atoms with E-state index >= 15 is 0 Å². The molecule has 1 rings (SSSR count). The van der Waals surface area contributed by atoms with E-state index in [9.17, 15) is 4.79 Å². The summed E-state index contributed by atoms with van der Waals surface area (Å²) >= 11 is 3.14. The van der Waals surface area contributed by atoms with Crippen LogP contribution in [-0.2, 0) is 4.79 Å². The van der Waals surface area contributed by atoms with E-state index in [4.69, 9.17) is 0 Å². The second kappa shape index (κ2) is 3.71. The van der Waals surface area contributed by atoms with Gasteiger partial charge in [-0.2, -0.15) is 0 Å². The minimum Gasteiger partial charge on any atom is -0.298 e. The molecule has 0 aliphatic heterocycles. The van der Waals surface area contributed by atoms with E-state index in [-0.39, 0.29) is 11.7 Å². The number of halogens is 1. The van der Waals surface area contributed by atoms with E-state index in [0.717, 1.165) is 6.42 Å². The van der Waals surface area contributed by atoms with Gasteiger partial charge in [-0.3, -0.25) is 4.79 Å². The van der Waals surface area contributed by atoms with Crippen molar-refractivity contribution in [2.45, 2.75) is 6.42 Å². The van der Waals surface area contributed by atoms with Gasteiger partial charge in [0.1, 0.15) is 0 Å². The van der Waals surface area contributed by atoms with Crippen molar-refractivity contribution in [1.82, 2.24) is 0 Å². The number of alkyl halides is 1. The average molecular weight is 201 g/mol. The van der Waals surface area contributed by atoms with Gasteiger partial charge in [0, 0.05) is 5.92 Å². The zero-order chi connectivity index (χ0) is 7.40. The van der Waals surface area contributed by atoms with Gasteiger partial charge in [-0.05, 0) is 6.42 Å². The topological polar surface area (TPSA) is 17.1 Å². The molecule has 0 aromatic rings. The van der Waals surface area contributed by atoms with Gasteiger partial charge >= 0.3 is 0 Å². The Morgan fingerprint density at radius 3 is 2.90 bits per heavy atom. The lowest BCUT2D eigenvalue weighted by Gasteiger charge is -2.08. The number of Topliss-reactive ketones (excluding diaryl/α,β-unsaturated/α-hetero) is 1. The van der Waals surface area contributed by atoms with Gasteiger partial charge < -0.3 is 0 Å². The van der Waals surface area contributed by atoms with Gasteiger partial charge in [0.05, 0.1) is 5.33 Å². The highest BCUT2D eigenvalue weighted by Crippen LogP contribution is 2.13. The van der Waals surface area contributed by atoms with Crippen LogP contribution in [0.5, 0.6) is 0 Å². The van der Waals surface area contributed by atoms with E-state index < -0.39 is 0 Å². The summed E-state index contributed by atoms with van der Waals surface area (Å²) in [6.45, 7) is 0. The number of carbonyl (C=O) groups excluding carboxylic acids is 1. The first-order valence-electron chi connectivity index (χ1n) is 3.26. The maximum Gasteiger partial charge on any atom is 0.150 e. The molecular formula is C8H9BrO. The van der Waals surface area contributed by atoms with Crippen LogP contribution < -0.4 is 0 Å². The first kappa shape index (κ1) is 7.73. The molecule has 0 fully saturated rings. The summed E-state index contributed by atoms with van der Waals surface area (Å²) in [5, 5.41) is 0.468. The van der Waals surface area contributed by atoms with Crippen molar-refractivity contribution >= 4 is 21.7 Å². The van der Waals surface area contributed by atoms with Gasteiger partial charge in [0.25, 0.3) is 0 Å². The molecule has 54 valence electrons. The minimum absolute atomic E-state index is 0.115. The van der Waals surface area contributed by atoms with Crippen LogP contribution in [-0.4, -0.2) is 11.1 Å². The molecule has 2 heteroatoms. The number of hydrogen-bond donors (Lipinski definition) is 0. The number of rotatable bonds is 2. The van der Waals surface area contributed by atoms with E-state index in [1.54, 1.807) is 0 Å². The molecule has 0 radical (unpaired) electrons. The highest BCUT2D eigenvalue weighted by atomic mass is 79.9. The molecule has 0 N–H and O–H groups in total. The molecule has 1 unspecified atom stereocenters. The Kier molecular flexibility index (Phi) is 2.87. The third-order valence-electron chi connectivity index (χ3n) is 1.53. The first-order chi connectivity index (χ1) is 4.84. The van der Waals surface area contributed by atoms with Crippen molar-refractivity contribution in [3.05, 3.63) is 24.3 Å². The minimum atomic E-state index is 0.115. The van der Waals surface area contributed by atoms with Crippen molar-refractivity contribution in [1.29, 1.82) is 0 Å². The Bertz CT molecular complexity index is 182. The van der Waals surface area contributed by atoms with Gasteiger partial charge in [0.2, 0.25) is 0 Å². The molecule has 0 aromatic heterocycles. The van der Waals surface area contributed by atoms with Crippen LogP contribution in [0, 0.1) is 5.92 Å². The molecule has 1 nitrogen and oxygen atoms in total. The maximum atomic E-state index is 11.0. The summed E-state index contributed by atoms with van der Waals surface area (Å²) in [6.07, 6.45) is 8.72. The molecule has 1 aliphatic rings. The molecule has 0 saturated heterocycles. The monoisotopic (exact) mass is 200 g/mol. The number of ketones is 1. The van der Waals surface area contributed by atoms with Crippen LogP contribution in [0.4, 0.5) is 0 Å². The van der Waals surface area contributed by atoms with Crippen molar-refractivity contribution in [2.75, 3.05) is 5.33 Å². The molecule has 1 aliphatic carbocycles. The van der Waals surface area contributed by atoms with Crippen LogP contribution >= 0.6 is 15.9 Å². The lowest BCUT2D eigenvalue weighted by molar-refractivity contribution is -0.118.